The van der Waals surface area contributed by atoms with Gasteiger partial charge in [0.15, 0.2) is 0 Å². The Bertz CT molecular complexity index is 224. The minimum atomic E-state index is -0.195. The van der Waals surface area contributed by atoms with Gasteiger partial charge in [-0.3, -0.25) is 9.59 Å². The zero-order valence-corrected chi connectivity index (χ0v) is 12.0. The van der Waals surface area contributed by atoms with Gasteiger partial charge in [0, 0.05) is 12.8 Å². The highest BCUT2D eigenvalue weighted by Gasteiger charge is 2.25. The summed E-state index contributed by atoms with van der Waals surface area (Å²) in [6.07, 6.45) is 4.68. The number of rotatable bonds is 9. The standard InChI is InChI=1S/C14H26O4/c1-5-7-11(9-13(15)17-3)12(8-6-2)10-14(16)18-4/h11-12H,5-10H2,1-4H3/t11-,12-/m0/s1. The fraction of sp³-hybridized carbons (Fsp3) is 0.857. The van der Waals surface area contributed by atoms with Crippen LogP contribution in [0.1, 0.15) is 52.4 Å². The highest BCUT2D eigenvalue weighted by molar-refractivity contribution is 5.71. The molecule has 0 aliphatic carbocycles. The predicted octanol–water partition coefficient (Wildman–Crippen LogP) is 2.95. The van der Waals surface area contributed by atoms with Crippen LogP contribution in [-0.2, 0) is 19.1 Å². The smallest absolute Gasteiger partial charge is 0.305 e. The van der Waals surface area contributed by atoms with E-state index in [4.69, 9.17) is 9.47 Å². The van der Waals surface area contributed by atoms with E-state index in [-0.39, 0.29) is 23.8 Å². The van der Waals surface area contributed by atoms with Gasteiger partial charge in [-0.05, 0) is 24.7 Å². The maximum absolute atomic E-state index is 11.4. The van der Waals surface area contributed by atoms with Crippen molar-refractivity contribution in [3.8, 4) is 0 Å². The first-order valence-electron chi connectivity index (χ1n) is 6.72. The normalized spacial score (nSPS) is 13.8. The highest BCUT2D eigenvalue weighted by atomic mass is 16.5. The van der Waals surface area contributed by atoms with Gasteiger partial charge in [-0.25, -0.2) is 0 Å². The summed E-state index contributed by atoms with van der Waals surface area (Å²) in [4.78, 5) is 22.8. The van der Waals surface area contributed by atoms with E-state index in [2.05, 4.69) is 13.8 Å². The van der Waals surface area contributed by atoms with E-state index in [0.717, 1.165) is 25.7 Å². The summed E-state index contributed by atoms with van der Waals surface area (Å²) >= 11 is 0. The van der Waals surface area contributed by atoms with Crippen molar-refractivity contribution in [1.29, 1.82) is 0 Å². The molecule has 4 heteroatoms. The third-order valence-corrected chi connectivity index (χ3v) is 3.30. The SMILES string of the molecule is CCC[C@@H](CC(=O)OC)[C@@H](CCC)CC(=O)OC. The first kappa shape index (κ1) is 16.9. The van der Waals surface area contributed by atoms with Crippen LogP contribution in [0, 0.1) is 11.8 Å². The molecule has 0 bridgehead atoms. The molecule has 2 atom stereocenters. The van der Waals surface area contributed by atoms with Crippen molar-refractivity contribution in [2.24, 2.45) is 11.8 Å². The maximum Gasteiger partial charge on any atom is 0.305 e. The monoisotopic (exact) mass is 258 g/mol. The van der Waals surface area contributed by atoms with E-state index in [9.17, 15) is 9.59 Å². The Labute approximate surface area is 110 Å². The van der Waals surface area contributed by atoms with Crippen molar-refractivity contribution in [3.63, 3.8) is 0 Å². The van der Waals surface area contributed by atoms with E-state index in [1.54, 1.807) is 0 Å². The van der Waals surface area contributed by atoms with Gasteiger partial charge in [0.2, 0.25) is 0 Å². The zero-order chi connectivity index (χ0) is 14.0. The lowest BCUT2D eigenvalue weighted by atomic mass is 9.81. The lowest BCUT2D eigenvalue weighted by Crippen LogP contribution is -2.22. The lowest BCUT2D eigenvalue weighted by molar-refractivity contribution is -0.145. The van der Waals surface area contributed by atoms with Crippen molar-refractivity contribution in [2.45, 2.75) is 52.4 Å². The van der Waals surface area contributed by atoms with Gasteiger partial charge >= 0.3 is 11.9 Å². The van der Waals surface area contributed by atoms with E-state index in [0.29, 0.717) is 12.8 Å². The maximum atomic E-state index is 11.4. The minimum absolute atomic E-state index is 0.195. The van der Waals surface area contributed by atoms with E-state index >= 15 is 0 Å². The summed E-state index contributed by atoms with van der Waals surface area (Å²) in [5.41, 5.74) is 0. The first-order chi connectivity index (χ1) is 8.58. The average molecular weight is 258 g/mol. The number of hydrogen-bond acceptors (Lipinski definition) is 4. The second-order valence-electron chi connectivity index (χ2n) is 4.66. The number of hydrogen-bond donors (Lipinski definition) is 0. The third kappa shape index (κ3) is 6.62. The molecule has 0 unspecified atom stereocenters. The molecule has 106 valence electrons. The Morgan fingerprint density at radius 1 is 0.833 bits per heavy atom. The molecule has 18 heavy (non-hydrogen) atoms. The Balaban J connectivity index is 4.62. The molecule has 4 nitrogen and oxygen atoms in total. The lowest BCUT2D eigenvalue weighted by Gasteiger charge is -2.25. The minimum Gasteiger partial charge on any atom is -0.469 e. The zero-order valence-electron chi connectivity index (χ0n) is 12.0. The fourth-order valence-corrected chi connectivity index (χ4v) is 2.35. The Morgan fingerprint density at radius 3 is 1.39 bits per heavy atom. The fourth-order valence-electron chi connectivity index (χ4n) is 2.35. The molecular formula is C14H26O4. The molecule has 0 amide bonds. The van der Waals surface area contributed by atoms with Crippen molar-refractivity contribution in [1.82, 2.24) is 0 Å². The van der Waals surface area contributed by atoms with Gasteiger partial charge < -0.3 is 9.47 Å². The second kappa shape index (κ2) is 9.92. The van der Waals surface area contributed by atoms with Crippen molar-refractivity contribution in [2.75, 3.05) is 14.2 Å². The molecule has 0 aromatic heterocycles. The van der Waals surface area contributed by atoms with Gasteiger partial charge in [0.1, 0.15) is 0 Å². The quantitative estimate of drug-likeness (QED) is 0.597. The van der Waals surface area contributed by atoms with E-state index in [1.807, 2.05) is 0 Å². The summed E-state index contributed by atoms with van der Waals surface area (Å²) in [7, 11) is 2.81. The molecule has 0 saturated heterocycles. The van der Waals surface area contributed by atoms with Crippen molar-refractivity contribution < 1.29 is 19.1 Å². The molecule has 0 fully saturated rings. The highest BCUT2D eigenvalue weighted by Crippen LogP contribution is 2.29. The number of methoxy groups -OCH3 is 2. The largest absolute Gasteiger partial charge is 0.469 e. The van der Waals surface area contributed by atoms with Gasteiger partial charge in [-0.15, -0.1) is 0 Å². The molecule has 0 aromatic rings. The van der Waals surface area contributed by atoms with Gasteiger partial charge in [0.05, 0.1) is 14.2 Å². The molecule has 0 aromatic carbocycles. The summed E-state index contributed by atoms with van der Waals surface area (Å²) < 4.78 is 9.46. The first-order valence-corrected chi connectivity index (χ1v) is 6.72. The molecule has 0 radical (unpaired) electrons. The van der Waals surface area contributed by atoms with Crippen LogP contribution in [0.3, 0.4) is 0 Å². The summed E-state index contributed by atoms with van der Waals surface area (Å²) in [5, 5.41) is 0. The predicted molar refractivity (Wildman–Crippen MR) is 70.1 cm³/mol. The number of carbonyl (C=O) groups is 2. The van der Waals surface area contributed by atoms with Crippen LogP contribution in [0.4, 0.5) is 0 Å². The molecular weight excluding hydrogens is 232 g/mol. The molecule has 0 N–H and O–H groups in total. The van der Waals surface area contributed by atoms with Crippen LogP contribution in [0.15, 0.2) is 0 Å². The number of esters is 2. The number of ether oxygens (including phenoxy) is 2. The molecule has 0 aliphatic heterocycles. The summed E-state index contributed by atoms with van der Waals surface area (Å²) in [6.45, 7) is 4.18. The molecule has 0 rings (SSSR count). The van der Waals surface area contributed by atoms with Crippen LogP contribution in [-0.4, -0.2) is 26.2 Å². The van der Waals surface area contributed by atoms with Gasteiger partial charge in [0.25, 0.3) is 0 Å². The summed E-state index contributed by atoms with van der Waals surface area (Å²) in [5.74, 6) is 0.0295. The van der Waals surface area contributed by atoms with Gasteiger partial charge in [-0.2, -0.15) is 0 Å². The third-order valence-electron chi connectivity index (χ3n) is 3.30. The Hall–Kier alpha value is -1.06. The average Bonchev–Trinajstić information content (AvgIpc) is 2.37. The molecule has 0 aliphatic rings. The van der Waals surface area contributed by atoms with Crippen LogP contribution >= 0.6 is 0 Å². The second-order valence-corrected chi connectivity index (χ2v) is 4.66. The van der Waals surface area contributed by atoms with Crippen LogP contribution in [0.2, 0.25) is 0 Å². The van der Waals surface area contributed by atoms with Crippen molar-refractivity contribution in [3.05, 3.63) is 0 Å². The molecule has 0 spiro atoms. The summed E-state index contributed by atoms with van der Waals surface area (Å²) in [6, 6.07) is 0. The topological polar surface area (TPSA) is 52.6 Å². The van der Waals surface area contributed by atoms with Crippen LogP contribution < -0.4 is 0 Å². The molecule has 0 heterocycles. The van der Waals surface area contributed by atoms with E-state index < -0.39 is 0 Å². The Kier molecular flexibility index (Phi) is 9.33. The Morgan fingerprint density at radius 2 is 1.17 bits per heavy atom. The van der Waals surface area contributed by atoms with Gasteiger partial charge in [-0.1, -0.05) is 26.7 Å². The molecule has 0 saturated carbocycles. The number of carbonyl (C=O) groups excluding carboxylic acids is 2. The van der Waals surface area contributed by atoms with Crippen molar-refractivity contribution >= 4 is 11.9 Å². The van der Waals surface area contributed by atoms with Crippen LogP contribution in [0.5, 0.6) is 0 Å². The van der Waals surface area contributed by atoms with E-state index in [1.165, 1.54) is 14.2 Å². The van der Waals surface area contributed by atoms with Crippen LogP contribution in [0.25, 0.3) is 0 Å².